The normalized spacial score (nSPS) is 29.3. The van der Waals surface area contributed by atoms with E-state index in [-0.39, 0.29) is 12.7 Å². The monoisotopic (exact) mass is 220 g/mol. The molecule has 3 nitrogen and oxygen atoms in total. The van der Waals surface area contributed by atoms with Crippen molar-refractivity contribution in [1.29, 1.82) is 0 Å². The molecule has 0 saturated heterocycles. The van der Waals surface area contributed by atoms with Gasteiger partial charge in [0.15, 0.2) is 0 Å². The van der Waals surface area contributed by atoms with E-state index in [1.54, 1.807) is 6.08 Å². The summed E-state index contributed by atoms with van der Waals surface area (Å²) in [5, 5.41) is 18.6. The summed E-state index contributed by atoms with van der Waals surface area (Å²) in [5.41, 5.74) is 2.23. The van der Waals surface area contributed by atoms with Crippen molar-refractivity contribution in [1.82, 2.24) is 0 Å². The van der Waals surface area contributed by atoms with Gasteiger partial charge < -0.3 is 14.9 Å². The fourth-order valence-corrected chi connectivity index (χ4v) is 1.75. The molecule has 0 unspecified atom stereocenters. The summed E-state index contributed by atoms with van der Waals surface area (Å²) in [6.45, 7) is 1.86. The number of rotatable bonds is 2. The Kier molecular flexibility index (Phi) is 3.39. The van der Waals surface area contributed by atoms with E-state index in [1.165, 1.54) is 5.56 Å². The van der Waals surface area contributed by atoms with Crippen LogP contribution in [0.25, 0.3) is 0 Å². The zero-order valence-corrected chi connectivity index (χ0v) is 9.21. The molecule has 1 aliphatic rings. The molecule has 0 aliphatic carbocycles. The third-order valence-electron chi connectivity index (χ3n) is 2.77. The topological polar surface area (TPSA) is 49.7 Å². The van der Waals surface area contributed by atoms with E-state index < -0.39 is 12.2 Å². The second kappa shape index (κ2) is 4.78. The number of ether oxygens (including phenoxy) is 1. The molecular weight excluding hydrogens is 204 g/mol. The minimum Gasteiger partial charge on any atom is -0.394 e. The second-order valence-electron chi connectivity index (χ2n) is 4.06. The van der Waals surface area contributed by atoms with Crippen LogP contribution in [0.3, 0.4) is 0 Å². The Hall–Kier alpha value is -1.16. The van der Waals surface area contributed by atoms with Crippen molar-refractivity contribution in [3.8, 4) is 0 Å². The van der Waals surface area contributed by atoms with Crippen molar-refractivity contribution in [3.05, 3.63) is 47.5 Å². The standard InChI is InChI=1S/C13H16O3/c1-9-2-4-10(5-3-9)12-7-6-11(15)13(8-14)16-12/h2-7,11-15H,8H2,1H3/t11-,12-,13+/m0/s1. The maximum Gasteiger partial charge on any atom is 0.111 e. The Balaban J connectivity index is 2.17. The van der Waals surface area contributed by atoms with Gasteiger partial charge in [0.05, 0.1) is 6.61 Å². The van der Waals surface area contributed by atoms with Crippen LogP contribution >= 0.6 is 0 Å². The van der Waals surface area contributed by atoms with Crippen LogP contribution in [0, 0.1) is 6.92 Å². The highest BCUT2D eigenvalue weighted by molar-refractivity contribution is 5.27. The first-order valence-electron chi connectivity index (χ1n) is 5.40. The molecule has 0 saturated carbocycles. The summed E-state index contributed by atoms with van der Waals surface area (Å²) in [7, 11) is 0. The molecule has 3 atom stereocenters. The molecule has 0 radical (unpaired) electrons. The van der Waals surface area contributed by atoms with Crippen LogP contribution in [0.1, 0.15) is 17.2 Å². The average molecular weight is 220 g/mol. The van der Waals surface area contributed by atoms with Crippen molar-refractivity contribution in [2.24, 2.45) is 0 Å². The maximum absolute atomic E-state index is 9.51. The molecule has 1 aliphatic heterocycles. The van der Waals surface area contributed by atoms with Crippen LogP contribution in [0.15, 0.2) is 36.4 Å². The molecule has 0 spiro atoms. The molecule has 1 aromatic carbocycles. The Morgan fingerprint density at radius 3 is 2.50 bits per heavy atom. The van der Waals surface area contributed by atoms with Gasteiger partial charge in [-0.2, -0.15) is 0 Å². The minimum absolute atomic E-state index is 0.173. The summed E-state index contributed by atoms with van der Waals surface area (Å²) in [6, 6.07) is 8.03. The third-order valence-corrected chi connectivity index (χ3v) is 2.77. The molecule has 1 aromatic rings. The van der Waals surface area contributed by atoms with E-state index in [0.717, 1.165) is 5.56 Å². The first kappa shape index (κ1) is 11.3. The van der Waals surface area contributed by atoms with Gasteiger partial charge in [0, 0.05) is 0 Å². The molecule has 3 heteroatoms. The molecule has 0 bridgehead atoms. The summed E-state index contributed by atoms with van der Waals surface area (Å²) in [4.78, 5) is 0. The SMILES string of the molecule is Cc1ccc([C@@H]2C=C[C@H](O)[C@@H](CO)O2)cc1. The smallest absolute Gasteiger partial charge is 0.111 e. The largest absolute Gasteiger partial charge is 0.394 e. The molecule has 2 rings (SSSR count). The van der Waals surface area contributed by atoms with Gasteiger partial charge in [-0.05, 0) is 12.5 Å². The molecule has 0 amide bonds. The number of aryl methyl sites for hydroxylation is 1. The lowest BCUT2D eigenvalue weighted by Gasteiger charge is -2.28. The first-order valence-corrected chi connectivity index (χ1v) is 5.40. The Morgan fingerprint density at radius 1 is 1.19 bits per heavy atom. The van der Waals surface area contributed by atoms with Crippen LogP contribution in [0.2, 0.25) is 0 Å². The van der Waals surface area contributed by atoms with E-state index in [2.05, 4.69) is 0 Å². The Labute approximate surface area is 95.0 Å². The van der Waals surface area contributed by atoms with E-state index in [0.29, 0.717) is 0 Å². The molecule has 1 heterocycles. The summed E-state index contributed by atoms with van der Waals surface area (Å²) in [5.74, 6) is 0. The molecule has 86 valence electrons. The van der Waals surface area contributed by atoms with Crippen LogP contribution in [0.4, 0.5) is 0 Å². The van der Waals surface area contributed by atoms with Crippen LogP contribution in [-0.4, -0.2) is 29.0 Å². The fourth-order valence-electron chi connectivity index (χ4n) is 1.75. The van der Waals surface area contributed by atoms with Gasteiger partial charge in [-0.15, -0.1) is 0 Å². The predicted molar refractivity (Wildman–Crippen MR) is 61.0 cm³/mol. The van der Waals surface area contributed by atoms with Gasteiger partial charge in [0.25, 0.3) is 0 Å². The fraction of sp³-hybridized carbons (Fsp3) is 0.385. The molecular formula is C13H16O3. The van der Waals surface area contributed by atoms with Gasteiger partial charge in [-0.1, -0.05) is 42.0 Å². The molecule has 0 fully saturated rings. The van der Waals surface area contributed by atoms with Crippen LogP contribution in [0.5, 0.6) is 0 Å². The highest BCUT2D eigenvalue weighted by Gasteiger charge is 2.25. The quantitative estimate of drug-likeness (QED) is 0.739. The van der Waals surface area contributed by atoms with Crippen molar-refractivity contribution in [2.45, 2.75) is 25.2 Å². The first-order chi connectivity index (χ1) is 7.70. The second-order valence-corrected chi connectivity index (χ2v) is 4.06. The van der Waals surface area contributed by atoms with E-state index in [1.807, 2.05) is 37.3 Å². The zero-order valence-electron chi connectivity index (χ0n) is 9.21. The lowest BCUT2D eigenvalue weighted by molar-refractivity contribution is -0.0805. The van der Waals surface area contributed by atoms with Crippen molar-refractivity contribution < 1.29 is 14.9 Å². The van der Waals surface area contributed by atoms with Gasteiger partial charge >= 0.3 is 0 Å². The summed E-state index contributed by atoms with van der Waals surface area (Å²) in [6.07, 6.45) is 2.07. The lowest BCUT2D eigenvalue weighted by atomic mass is 10.0. The molecule has 16 heavy (non-hydrogen) atoms. The van der Waals surface area contributed by atoms with Crippen molar-refractivity contribution >= 4 is 0 Å². The van der Waals surface area contributed by atoms with Gasteiger partial charge in [0.2, 0.25) is 0 Å². The molecule has 2 N–H and O–H groups in total. The highest BCUT2D eigenvalue weighted by atomic mass is 16.5. The van der Waals surface area contributed by atoms with Gasteiger partial charge in [-0.25, -0.2) is 0 Å². The molecule has 0 aromatic heterocycles. The maximum atomic E-state index is 9.51. The Bertz CT molecular complexity index is 369. The highest BCUT2D eigenvalue weighted by Crippen LogP contribution is 2.26. The summed E-state index contributed by atoms with van der Waals surface area (Å²) < 4.78 is 5.59. The summed E-state index contributed by atoms with van der Waals surface area (Å²) >= 11 is 0. The number of aliphatic hydroxyl groups is 2. The van der Waals surface area contributed by atoms with Gasteiger partial charge in [0.1, 0.15) is 18.3 Å². The number of benzene rings is 1. The van der Waals surface area contributed by atoms with E-state index >= 15 is 0 Å². The van der Waals surface area contributed by atoms with Crippen LogP contribution in [-0.2, 0) is 4.74 Å². The van der Waals surface area contributed by atoms with E-state index in [4.69, 9.17) is 9.84 Å². The lowest BCUT2D eigenvalue weighted by Crippen LogP contribution is -2.35. The van der Waals surface area contributed by atoms with Crippen molar-refractivity contribution in [2.75, 3.05) is 6.61 Å². The third kappa shape index (κ3) is 2.32. The average Bonchev–Trinajstić information content (AvgIpc) is 2.31. The number of hydrogen-bond donors (Lipinski definition) is 2. The number of hydrogen-bond acceptors (Lipinski definition) is 3. The predicted octanol–water partition coefficient (Wildman–Crippen LogP) is 1.34. The minimum atomic E-state index is -0.716. The Morgan fingerprint density at radius 2 is 1.88 bits per heavy atom. The van der Waals surface area contributed by atoms with Crippen LogP contribution < -0.4 is 0 Å². The van der Waals surface area contributed by atoms with Gasteiger partial charge in [-0.3, -0.25) is 0 Å². The van der Waals surface area contributed by atoms with Crippen molar-refractivity contribution in [3.63, 3.8) is 0 Å². The zero-order chi connectivity index (χ0) is 11.5. The number of aliphatic hydroxyl groups excluding tert-OH is 2. The van der Waals surface area contributed by atoms with E-state index in [9.17, 15) is 5.11 Å².